The van der Waals surface area contributed by atoms with Crippen molar-refractivity contribution >= 4 is 17.5 Å². The van der Waals surface area contributed by atoms with E-state index in [0.717, 1.165) is 53.5 Å². The Balaban J connectivity index is 1.39. The molecule has 2 heterocycles. The standard InChI is InChI=1S/C24H28N4O/c1-18-12-14-28(15-13-18)24-25-19(2)16-23(27-24)26-21-8-10-22(11-9-21)29-17-20-6-4-3-5-7-20/h3-11,16,18H,12-15,17H2,1-2H3,(H,25,26,27). The molecular weight excluding hydrogens is 360 g/mol. The van der Waals surface area contributed by atoms with E-state index in [-0.39, 0.29) is 0 Å². The molecule has 1 saturated heterocycles. The minimum absolute atomic E-state index is 0.566. The van der Waals surface area contributed by atoms with Crippen molar-refractivity contribution in [2.24, 2.45) is 5.92 Å². The van der Waals surface area contributed by atoms with Crippen molar-refractivity contribution in [3.8, 4) is 5.75 Å². The van der Waals surface area contributed by atoms with Crippen LogP contribution >= 0.6 is 0 Å². The van der Waals surface area contributed by atoms with E-state index < -0.39 is 0 Å². The first-order valence-corrected chi connectivity index (χ1v) is 10.3. The van der Waals surface area contributed by atoms with Gasteiger partial charge in [0.05, 0.1) is 0 Å². The number of aryl methyl sites for hydroxylation is 1. The van der Waals surface area contributed by atoms with Crippen molar-refractivity contribution in [3.05, 3.63) is 71.9 Å². The van der Waals surface area contributed by atoms with Gasteiger partial charge in [0.2, 0.25) is 5.95 Å². The van der Waals surface area contributed by atoms with E-state index in [0.29, 0.717) is 6.61 Å². The van der Waals surface area contributed by atoms with Gasteiger partial charge in [0.15, 0.2) is 0 Å². The third-order valence-corrected chi connectivity index (χ3v) is 5.28. The fourth-order valence-corrected chi connectivity index (χ4v) is 3.49. The number of hydrogen-bond acceptors (Lipinski definition) is 5. The van der Waals surface area contributed by atoms with Crippen LogP contribution in [0.25, 0.3) is 0 Å². The first-order valence-electron chi connectivity index (χ1n) is 10.3. The average Bonchev–Trinajstić information content (AvgIpc) is 2.74. The van der Waals surface area contributed by atoms with Gasteiger partial charge in [-0.05, 0) is 55.5 Å². The molecule has 29 heavy (non-hydrogen) atoms. The van der Waals surface area contributed by atoms with E-state index in [4.69, 9.17) is 9.72 Å². The van der Waals surface area contributed by atoms with Gasteiger partial charge in [-0.3, -0.25) is 0 Å². The Bertz CT molecular complexity index is 919. The normalized spacial score (nSPS) is 14.6. The van der Waals surface area contributed by atoms with Crippen LogP contribution in [0.4, 0.5) is 17.5 Å². The zero-order valence-corrected chi connectivity index (χ0v) is 17.1. The maximum Gasteiger partial charge on any atom is 0.227 e. The Kier molecular flexibility index (Phi) is 5.94. The molecule has 0 atom stereocenters. The molecule has 0 saturated carbocycles. The van der Waals surface area contributed by atoms with Crippen molar-refractivity contribution < 1.29 is 4.74 Å². The van der Waals surface area contributed by atoms with Crippen molar-refractivity contribution in [2.45, 2.75) is 33.3 Å². The van der Waals surface area contributed by atoms with Crippen LogP contribution in [0.2, 0.25) is 0 Å². The van der Waals surface area contributed by atoms with Gasteiger partial charge in [-0.2, -0.15) is 4.98 Å². The molecule has 5 heteroatoms. The minimum atomic E-state index is 0.566. The summed E-state index contributed by atoms with van der Waals surface area (Å²) in [6.45, 7) is 6.95. The molecule has 3 aromatic rings. The van der Waals surface area contributed by atoms with E-state index >= 15 is 0 Å². The fourth-order valence-electron chi connectivity index (χ4n) is 3.49. The highest BCUT2D eigenvalue weighted by Gasteiger charge is 2.18. The number of benzene rings is 2. The minimum Gasteiger partial charge on any atom is -0.489 e. The van der Waals surface area contributed by atoms with Crippen LogP contribution in [-0.4, -0.2) is 23.1 Å². The molecule has 150 valence electrons. The van der Waals surface area contributed by atoms with Crippen LogP contribution in [0.3, 0.4) is 0 Å². The number of piperidine rings is 1. The Labute approximate surface area is 172 Å². The molecule has 2 aromatic carbocycles. The van der Waals surface area contributed by atoms with Crippen LogP contribution in [-0.2, 0) is 6.61 Å². The van der Waals surface area contributed by atoms with Gasteiger partial charge in [0.25, 0.3) is 0 Å². The largest absolute Gasteiger partial charge is 0.489 e. The SMILES string of the molecule is Cc1cc(Nc2ccc(OCc3ccccc3)cc2)nc(N2CCC(C)CC2)n1. The first kappa shape index (κ1) is 19.2. The van der Waals surface area contributed by atoms with Gasteiger partial charge in [-0.25, -0.2) is 4.98 Å². The van der Waals surface area contributed by atoms with Crippen LogP contribution in [0.15, 0.2) is 60.7 Å². The molecule has 0 spiro atoms. The zero-order chi connectivity index (χ0) is 20.1. The van der Waals surface area contributed by atoms with Crippen molar-refractivity contribution in [2.75, 3.05) is 23.3 Å². The Morgan fingerprint density at radius 3 is 2.45 bits per heavy atom. The summed E-state index contributed by atoms with van der Waals surface area (Å²) in [6, 6.07) is 20.1. The molecule has 1 aliphatic rings. The predicted octanol–water partition coefficient (Wildman–Crippen LogP) is 5.34. The lowest BCUT2D eigenvalue weighted by Crippen LogP contribution is -2.34. The summed E-state index contributed by atoms with van der Waals surface area (Å²) >= 11 is 0. The Morgan fingerprint density at radius 2 is 1.72 bits per heavy atom. The maximum atomic E-state index is 5.86. The van der Waals surface area contributed by atoms with Gasteiger partial charge in [-0.15, -0.1) is 0 Å². The zero-order valence-electron chi connectivity index (χ0n) is 17.1. The number of hydrogen-bond donors (Lipinski definition) is 1. The Morgan fingerprint density at radius 1 is 1.00 bits per heavy atom. The fraction of sp³-hybridized carbons (Fsp3) is 0.333. The second kappa shape index (κ2) is 8.95. The highest BCUT2D eigenvalue weighted by Crippen LogP contribution is 2.24. The van der Waals surface area contributed by atoms with Crippen molar-refractivity contribution in [1.82, 2.24) is 9.97 Å². The third kappa shape index (κ3) is 5.25. The van der Waals surface area contributed by atoms with Gasteiger partial charge < -0.3 is 15.0 Å². The number of nitrogens with zero attached hydrogens (tertiary/aromatic N) is 3. The summed E-state index contributed by atoms with van der Waals surface area (Å²) in [5, 5.41) is 3.40. The number of aromatic nitrogens is 2. The van der Waals surface area contributed by atoms with Gasteiger partial charge in [-0.1, -0.05) is 37.3 Å². The highest BCUT2D eigenvalue weighted by molar-refractivity contribution is 5.58. The van der Waals surface area contributed by atoms with Gasteiger partial charge >= 0.3 is 0 Å². The molecule has 4 rings (SSSR count). The second-order valence-corrected chi connectivity index (χ2v) is 7.79. The lowest BCUT2D eigenvalue weighted by atomic mass is 10.00. The topological polar surface area (TPSA) is 50.3 Å². The lowest BCUT2D eigenvalue weighted by molar-refractivity contribution is 0.306. The molecule has 0 amide bonds. The molecule has 1 aliphatic heterocycles. The smallest absolute Gasteiger partial charge is 0.227 e. The molecule has 1 aromatic heterocycles. The third-order valence-electron chi connectivity index (χ3n) is 5.28. The number of anilines is 3. The van der Waals surface area contributed by atoms with Crippen LogP contribution in [0.1, 0.15) is 31.0 Å². The van der Waals surface area contributed by atoms with Gasteiger partial charge in [0, 0.05) is 30.5 Å². The van der Waals surface area contributed by atoms with Crippen LogP contribution < -0.4 is 15.0 Å². The molecule has 1 fully saturated rings. The Hall–Kier alpha value is -3.08. The number of rotatable bonds is 6. The van der Waals surface area contributed by atoms with E-state index in [1.165, 1.54) is 12.8 Å². The van der Waals surface area contributed by atoms with Crippen LogP contribution in [0, 0.1) is 12.8 Å². The summed E-state index contributed by atoms with van der Waals surface area (Å²) in [4.78, 5) is 11.7. The summed E-state index contributed by atoms with van der Waals surface area (Å²) in [7, 11) is 0. The molecule has 5 nitrogen and oxygen atoms in total. The average molecular weight is 389 g/mol. The molecular formula is C24H28N4O. The quantitative estimate of drug-likeness (QED) is 0.617. The first-order chi connectivity index (χ1) is 14.2. The van der Waals surface area contributed by atoms with E-state index in [9.17, 15) is 0 Å². The lowest BCUT2D eigenvalue weighted by Gasteiger charge is -2.30. The highest BCUT2D eigenvalue weighted by atomic mass is 16.5. The van der Waals surface area contributed by atoms with Crippen molar-refractivity contribution in [3.63, 3.8) is 0 Å². The van der Waals surface area contributed by atoms with E-state index in [1.807, 2.05) is 55.5 Å². The number of nitrogens with one attached hydrogen (secondary N) is 1. The van der Waals surface area contributed by atoms with Gasteiger partial charge in [0.1, 0.15) is 18.2 Å². The number of ether oxygens (including phenoxy) is 1. The molecule has 0 aliphatic carbocycles. The molecule has 1 N–H and O–H groups in total. The summed E-state index contributed by atoms with van der Waals surface area (Å²) < 4.78 is 5.86. The maximum absolute atomic E-state index is 5.86. The molecule has 0 bridgehead atoms. The van der Waals surface area contributed by atoms with Crippen LogP contribution in [0.5, 0.6) is 5.75 Å². The van der Waals surface area contributed by atoms with E-state index in [1.54, 1.807) is 0 Å². The summed E-state index contributed by atoms with van der Waals surface area (Å²) in [5.74, 6) is 3.28. The molecule has 0 radical (unpaired) electrons. The predicted molar refractivity (Wildman–Crippen MR) is 118 cm³/mol. The summed E-state index contributed by atoms with van der Waals surface area (Å²) in [5.41, 5.74) is 3.11. The monoisotopic (exact) mass is 388 g/mol. The summed E-state index contributed by atoms with van der Waals surface area (Å²) in [6.07, 6.45) is 2.40. The molecule has 0 unspecified atom stereocenters. The second-order valence-electron chi connectivity index (χ2n) is 7.79. The van der Waals surface area contributed by atoms with Crippen molar-refractivity contribution in [1.29, 1.82) is 0 Å². The van der Waals surface area contributed by atoms with E-state index in [2.05, 4.69) is 34.3 Å².